The number of hydroxylamine groups is 2. The van der Waals surface area contributed by atoms with E-state index in [0.29, 0.717) is 5.06 Å². The maximum atomic E-state index is 12.0. The summed E-state index contributed by atoms with van der Waals surface area (Å²) >= 11 is 0. The minimum absolute atomic E-state index is 0.0154. The fraction of sp³-hybridized carbons (Fsp3) is 0.438. The summed E-state index contributed by atoms with van der Waals surface area (Å²) in [7, 11) is 0. The third kappa shape index (κ3) is 3.93. The van der Waals surface area contributed by atoms with Crippen molar-refractivity contribution in [3.8, 4) is 0 Å². The van der Waals surface area contributed by atoms with Crippen LogP contribution in [-0.2, 0) is 24.0 Å². The predicted molar refractivity (Wildman–Crippen MR) is 89.2 cm³/mol. The molecule has 0 radical (unpaired) electrons. The zero-order valence-corrected chi connectivity index (χ0v) is 14.4. The van der Waals surface area contributed by atoms with E-state index in [1.54, 1.807) is 0 Å². The summed E-state index contributed by atoms with van der Waals surface area (Å²) in [5.41, 5.74) is -1.70. The van der Waals surface area contributed by atoms with Gasteiger partial charge in [0.2, 0.25) is 0 Å². The number of nitrogens with zero attached hydrogens (tertiary/aromatic N) is 2. The number of carbonyl (C=O) groups excluding carboxylic acids is 3. The van der Waals surface area contributed by atoms with Crippen LogP contribution in [0.3, 0.4) is 0 Å². The molecular formula is C16H17N3O9. The van der Waals surface area contributed by atoms with Gasteiger partial charge in [-0.2, -0.15) is 0 Å². The van der Waals surface area contributed by atoms with Gasteiger partial charge in [0, 0.05) is 31.5 Å². The maximum Gasteiger partial charge on any atom is 0.356 e. The number of rotatable bonds is 5. The number of aromatic amines is 1. The second-order valence-corrected chi connectivity index (χ2v) is 6.19. The monoisotopic (exact) mass is 395 g/mol. The van der Waals surface area contributed by atoms with Crippen molar-refractivity contribution in [3.05, 3.63) is 38.7 Å². The fourth-order valence-corrected chi connectivity index (χ4v) is 2.82. The molecule has 2 aliphatic heterocycles. The number of aromatic nitrogens is 2. The van der Waals surface area contributed by atoms with Crippen molar-refractivity contribution >= 4 is 23.9 Å². The zero-order valence-electron chi connectivity index (χ0n) is 14.4. The maximum absolute atomic E-state index is 12.0. The first-order chi connectivity index (χ1) is 13.3. The van der Waals surface area contributed by atoms with Crippen LogP contribution in [0.4, 0.5) is 0 Å². The Hall–Kier alpha value is -3.09. The molecule has 2 aliphatic rings. The van der Waals surface area contributed by atoms with Crippen LogP contribution in [0.15, 0.2) is 21.9 Å². The van der Waals surface area contributed by atoms with Crippen LogP contribution in [0.2, 0.25) is 0 Å². The van der Waals surface area contributed by atoms with Gasteiger partial charge in [-0.3, -0.25) is 23.9 Å². The van der Waals surface area contributed by atoms with Gasteiger partial charge in [0.05, 0.1) is 18.3 Å². The molecule has 2 amide bonds. The Morgan fingerprint density at radius 1 is 1.29 bits per heavy atom. The Morgan fingerprint density at radius 3 is 2.57 bits per heavy atom. The van der Waals surface area contributed by atoms with Crippen molar-refractivity contribution in [2.24, 2.45) is 0 Å². The minimum Gasteiger partial charge on any atom is -0.394 e. The molecule has 0 aliphatic carbocycles. The smallest absolute Gasteiger partial charge is 0.356 e. The lowest BCUT2D eigenvalue weighted by atomic mass is 10.2. The first kappa shape index (κ1) is 19.7. The SMILES string of the molecule is O=C(/C=C/c1cn([C@H]2C[C@H](O)[C@@H](CO)O2)c(=O)[nH]c1=O)ON1C(=O)CCC1=O. The van der Waals surface area contributed by atoms with Gasteiger partial charge in [-0.1, -0.05) is 0 Å². The molecule has 3 N–H and O–H groups in total. The molecule has 28 heavy (non-hydrogen) atoms. The van der Waals surface area contributed by atoms with E-state index in [0.717, 1.165) is 22.9 Å². The van der Waals surface area contributed by atoms with Gasteiger partial charge in [-0.05, 0) is 6.08 Å². The molecule has 12 nitrogen and oxygen atoms in total. The fourth-order valence-electron chi connectivity index (χ4n) is 2.82. The Kier molecular flexibility index (Phi) is 5.53. The molecule has 0 spiro atoms. The Labute approximate surface area is 156 Å². The summed E-state index contributed by atoms with van der Waals surface area (Å²) in [4.78, 5) is 65.2. The molecule has 0 bridgehead atoms. The number of aliphatic hydroxyl groups excluding tert-OH is 2. The van der Waals surface area contributed by atoms with Crippen LogP contribution in [0, 0.1) is 0 Å². The van der Waals surface area contributed by atoms with Crippen molar-refractivity contribution in [1.29, 1.82) is 0 Å². The number of H-pyrrole nitrogens is 1. The average Bonchev–Trinajstić information content (AvgIpc) is 3.17. The van der Waals surface area contributed by atoms with Gasteiger partial charge < -0.3 is 19.8 Å². The van der Waals surface area contributed by atoms with E-state index in [9.17, 15) is 29.1 Å². The summed E-state index contributed by atoms with van der Waals surface area (Å²) in [5.74, 6) is -2.35. The number of hydrogen-bond acceptors (Lipinski definition) is 9. The molecular weight excluding hydrogens is 378 g/mol. The number of carbonyl (C=O) groups is 3. The largest absolute Gasteiger partial charge is 0.394 e. The molecule has 3 atom stereocenters. The molecule has 0 aromatic carbocycles. The molecule has 150 valence electrons. The van der Waals surface area contributed by atoms with Crippen molar-refractivity contribution in [2.45, 2.75) is 37.7 Å². The molecule has 2 saturated heterocycles. The van der Waals surface area contributed by atoms with E-state index in [-0.39, 0.29) is 24.8 Å². The minimum atomic E-state index is -1.06. The van der Waals surface area contributed by atoms with Crippen LogP contribution < -0.4 is 11.2 Å². The molecule has 12 heteroatoms. The summed E-state index contributed by atoms with van der Waals surface area (Å²) in [6.45, 7) is -0.442. The van der Waals surface area contributed by atoms with Crippen molar-refractivity contribution < 1.29 is 34.2 Å². The first-order valence-corrected chi connectivity index (χ1v) is 8.35. The Morgan fingerprint density at radius 2 is 1.96 bits per heavy atom. The quantitative estimate of drug-likeness (QED) is 0.370. The number of nitrogens with one attached hydrogen (secondary N) is 1. The van der Waals surface area contributed by atoms with Crippen LogP contribution in [0.1, 0.15) is 31.1 Å². The van der Waals surface area contributed by atoms with E-state index >= 15 is 0 Å². The van der Waals surface area contributed by atoms with Gasteiger partial charge in [-0.25, -0.2) is 9.59 Å². The van der Waals surface area contributed by atoms with E-state index < -0.39 is 54.1 Å². The molecule has 2 fully saturated rings. The van der Waals surface area contributed by atoms with Crippen LogP contribution in [0.5, 0.6) is 0 Å². The predicted octanol–water partition coefficient (Wildman–Crippen LogP) is -2.20. The highest BCUT2D eigenvalue weighted by atomic mass is 16.7. The van der Waals surface area contributed by atoms with E-state index in [2.05, 4.69) is 4.84 Å². The van der Waals surface area contributed by atoms with Gasteiger partial charge in [0.25, 0.3) is 17.4 Å². The molecule has 1 aromatic rings. The number of imide groups is 1. The lowest BCUT2D eigenvalue weighted by Gasteiger charge is -2.14. The highest BCUT2D eigenvalue weighted by molar-refractivity contribution is 6.02. The highest BCUT2D eigenvalue weighted by Gasteiger charge is 2.35. The van der Waals surface area contributed by atoms with E-state index in [4.69, 9.17) is 9.84 Å². The number of ether oxygens (including phenoxy) is 1. The van der Waals surface area contributed by atoms with Crippen LogP contribution in [0.25, 0.3) is 6.08 Å². The van der Waals surface area contributed by atoms with Crippen LogP contribution >= 0.6 is 0 Å². The van der Waals surface area contributed by atoms with Crippen molar-refractivity contribution in [2.75, 3.05) is 6.61 Å². The lowest BCUT2D eigenvalue weighted by molar-refractivity contribution is -0.193. The number of aliphatic hydroxyl groups is 2. The van der Waals surface area contributed by atoms with Crippen molar-refractivity contribution in [1.82, 2.24) is 14.6 Å². The molecule has 0 unspecified atom stereocenters. The standard InChI is InChI=1S/C16H17N3O9/c20-7-10-9(21)5-13(27-10)18-6-8(15(25)17-16(18)26)1-4-14(24)28-19-11(22)2-3-12(19)23/h1,4,6,9-10,13,20-21H,2-3,5,7H2,(H,17,25,26)/b4-1+/t9-,10+,13+/m0/s1. The summed E-state index contributed by atoms with van der Waals surface area (Å²) in [5, 5.41) is 19.3. The van der Waals surface area contributed by atoms with Gasteiger partial charge in [0.1, 0.15) is 12.3 Å². The topological polar surface area (TPSA) is 168 Å². The zero-order chi connectivity index (χ0) is 20.4. The summed E-state index contributed by atoms with van der Waals surface area (Å²) in [6.07, 6.45) is 0.110. The van der Waals surface area contributed by atoms with Gasteiger partial charge in [-0.15, -0.1) is 5.06 Å². The highest BCUT2D eigenvalue weighted by Crippen LogP contribution is 2.27. The molecule has 0 saturated carbocycles. The van der Waals surface area contributed by atoms with E-state index in [1.807, 2.05) is 4.98 Å². The van der Waals surface area contributed by atoms with Gasteiger partial charge in [0.15, 0.2) is 0 Å². The van der Waals surface area contributed by atoms with Gasteiger partial charge >= 0.3 is 11.7 Å². The first-order valence-electron chi connectivity index (χ1n) is 8.35. The molecule has 3 rings (SSSR count). The Balaban J connectivity index is 1.77. The third-order valence-corrected chi connectivity index (χ3v) is 4.28. The van der Waals surface area contributed by atoms with Crippen LogP contribution in [-0.4, -0.2) is 61.4 Å². The summed E-state index contributed by atoms with van der Waals surface area (Å²) in [6, 6.07) is 0. The normalized spacial score (nSPS) is 25.1. The molecule has 3 heterocycles. The number of amides is 2. The third-order valence-electron chi connectivity index (χ3n) is 4.28. The second kappa shape index (κ2) is 7.88. The lowest BCUT2D eigenvalue weighted by Crippen LogP contribution is -2.33. The van der Waals surface area contributed by atoms with E-state index in [1.165, 1.54) is 0 Å². The summed E-state index contributed by atoms with van der Waals surface area (Å²) < 4.78 is 6.38. The molecule has 1 aromatic heterocycles. The second-order valence-electron chi connectivity index (χ2n) is 6.19. The Bertz CT molecular complexity index is 931. The van der Waals surface area contributed by atoms with Crippen molar-refractivity contribution in [3.63, 3.8) is 0 Å². The number of hydrogen-bond donors (Lipinski definition) is 3. The average molecular weight is 395 g/mol.